The van der Waals surface area contributed by atoms with Gasteiger partial charge in [-0.15, -0.1) is 11.3 Å². The Labute approximate surface area is 239 Å². The number of nitrogens with one attached hydrogen (secondary N) is 1. The fourth-order valence-corrected chi connectivity index (χ4v) is 6.78. The molecule has 0 amide bonds. The second kappa shape index (κ2) is 10.2. The van der Waals surface area contributed by atoms with Crippen molar-refractivity contribution in [2.24, 2.45) is 0 Å². The van der Waals surface area contributed by atoms with E-state index in [2.05, 4.69) is 41.2 Å². The number of rotatable bonds is 5. The molecule has 0 bridgehead atoms. The number of aromatic nitrogens is 4. The van der Waals surface area contributed by atoms with Gasteiger partial charge in [0.2, 0.25) is 0 Å². The van der Waals surface area contributed by atoms with Crippen molar-refractivity contribution in [1.82, 2.24) is 24.4 Å². The molecule has 206 valence electrons. The molecule has 0 aliphatic carbocycles. The molecule has 0 spiro atoms. The van der Waals surface area contributed by atoms with Gasteiger partial charge in [0.1, 0.15) is 33.1 Å². The second-order valence-corrected chi connectivity index (χ2v) is 11.7. The van der Waals surface area contributed by atoms with Crippen molar-refractivity contribution in [2.45, 2.75) is 24.8 Å². The number of phenols is 1. The minimum atomic E-state index is -0.880. The quantitative estimate of drug-likeness (QED) is 0.257. The number of halogens is 1. The van der Waals surface area contributed by atoms with Crippen molar-refractivity contribution in [1.29, 1.82) is 0 Å². The Kier molecular flexibility index (Phi) is 6.40. The highest BCUT2D eigenvalue weighted by Gasteiger charge is 2.26. The summed E-state index contributed by atoms with van der Waals surface area (Å²) in [7, 11) is 2.17. The van der Waals surface area contributed by atoms with Gasteiger partial charge in [-0.05, 0) is 80.9 Å². The first kappa shape index (κ1) is 25.6. The van der Waals surface area contributed by atoms with E-state index in [0.717, 1.165) is 42.0 Å². The average Bonchev–Trinajstić information content (AvgIpc) is 3.62. The van der Waals surface area contributed by atoms with E-state index in [0.29, 0.717) is 27.5 Å². The molecule has 2 N–H and O–H groups in total. The van der Waals surface area contributed by atoms with Gasteiger partial charge in [0.15, 0.2) is 0 Å². The van der Waals surface area contributed by atoms with Crippen LogP contribution in [0.2, 0.25) is 0 Å². The van der Waals surface area contributed by atoms with E-state index in [1.807, 2.05) is 24.3 Å². The van der Waals surface area contributed by atoms with Crippen LogP contribution in [0.3, 0.4) is 0 Å². The van der Waals surface area contributed by atoms with Crippen LogP contribution in [-0.4, -0.2) is 49.7 Å². The smallest absolute Gasteiger partial charge is 0.271 e. The summed E-state index contributed by atoms with van der Waals surface area (Å²) in [4.78, 5) is 29.1. The summed E-state index contributed by atoms with van der Waals surface area (Å²) >= 11 is 1.33. The van der Waals surface area contributed by atoms with E-state index < -0.39 is 11.9 Å². The largest absolute Gasteiger partial charge is 0.508 e. The molecule has 4 heterocycles. The number of aromatic hydroxyl groups is 1. The Bertz CT molecular complexity index is 1900. The maximum absolute atomic E-state index is 14.4. The summed E-state index contributed by atoms with van der Waals surface area (Å²) < 4.78 is 16.4. The zero-order valence-electron chi connectivity index (χ0n) is 22.4. The number of fused-ring (bicyclic) bond motifs is 2. The molecular weight excluding hydrogens is 537 g/mol. The van der Waals surface area contributed by atoms with Gasteiger partial charge in [-0.2, -0.15) is 0 Å². The van der Waals surface area contributed by atoms with E-state index in [1.54, 1.807) is 12.3 Å². The van der Waals surface area contributed by atoms with Gasteiger partial charge in [-0.3, -0.25) is 9.36 Å². The van der Waals surface area contributed by atoms with E-state index in [-0.39, 0.29) is 16.9 Å². The number of pyridine rings is 1. The van der Waals surface area contributed by atoms with Crippen LogP contribution in [0.15, 0.2) is 83.8 Å². The number of aromatic amines is 1. The average molecular weight is 566 g/mol. The topological polar surface area (TPSA) is 87.0 Å². The molecule has 0 radical (unpaired) electrons. The molecule has 7 nitrogen and oxygen atoms in total. The Balaban J connectivity index is 1.30. The summed E-state index contributed by atoms with van der Waals surface area (Å²) in [6.07, 6.45) is 3.95. The van der Waals surface area contributed by atoms with Crippen LogP contribution in [0.4, 0.5) is 4.39 Å². The van der Waals surface area contributed by atoms with Crippen molar-refractivity contribution in [3.63, 3.8) is 0 Å². The third-order valence-corrected chi connectivity index (χ3v) is 9.16. The molecule has 1 unspecified atom stereocenters. The van der Waals surface area contributed by atoms with Crippen molar-refractivity contribution in [2.75, 3.05) is 20.1 Å². The molecule has 7 rings (SSSR count). The number of phenolic OH excluding ortho intramolecular Hbond substituents is 1. The molecule has 1 atom stereocenters. The lowest BCUT2D eigenvalue weighted by Gasteiger charge is -2.29. The predicted octanol–water partition coefficient (Wildman–Crippen LogP) is 6.29. The van der Waals surface area contributed by atoms with Crippen LogP contribution < -0.4 is 5.56 Å². The highest BCUT2D eigenvalue weighted by molar-refractivity contribution is 7.21. The monoisotopic (exact) mass is 565 g/mol. The molecule has 3 aromatic carbocycles. The van der Waals surface area contributed by atoms with E-state index in [1.165, 1.54) is 39.7 Å². The molecule has 41 heavy (non-hydrogen) atoms. The van der Waals surface area contributed by atoms with Crippen molar-refractivity contribution < 1.29 is 9.50 Å². The standard InChI is InChI=1S/C32H28FN5O2S/c1-37-15-12-20(13-16-37)19-6-8-21(9-7-19)31-36-26-14-17-38(32(40)29(26)41-31)28(23-18-22(33)10-11-27(23)39)30-34-24-4-2-3-5-25(24)35-30/h2-11,14,17-18,20,28,39H,12-13,15-16H2,1H3,(H,34,35). The molecule has 1 aliphatic rings. The van der Waals surface area contributed by atoms with E-state index in [9.17, 15) is 14.3 Å². The van der Waals surface area contributed by atoms with Gasteiger partial charge in [0, 0.05) is 17.3 Å². The number of benzene rings is 3. The van der Waals surface area contributed by atoms with Crippen LogP contribution >= 0.6 is 11.3 Å². The van der Waals surface area contributed by atoms with Gasteiger partial charge in [-0.1, -0.05) is 36.4 Å². The molecule has 1 saturated heterocycles. The zero-order chi connectivity index (χ0) is 28.1. The number of likely N-dealkylation sites (tertiary alicyclic amines) is 1. The number of nitrogens with zero attached hydrogens (tertiary/aromatic N) is 4. The Morgan fingerprint density at radius 3 is 2.56 bits per heavy atom. The van der Waals surface area contributed by atoms with Crippen LogP contribution in [-0.2, 0) is 0 Å². The van der Waals surface area contributed by atoms with Crippen LogP contribution in [0.25, 0.3) is 31.8 Å². The fourth-order valence-electron chi connectivity index (χ4n) is 5.78. The lowest BCUT2D eigenvalue weighted by molar-refractivity contribution is 0.255. The lowest BCUT2D eigenvalue weighted by Crippen LogP contribution is -2.29. The van der Waals surface area contributed by atoms with Crippen LogP contribution in [0.5, 0.6) is 5.75 Å². The summed E-state index contributed by atoms with van der Waals surface area (Å²) in [6.45, 7) is 2.22. The summed E-state index contributed by atoms with van der Waals surface area (Å²) in [5.41, 5.74) is 4.34. The number of H-pyrrole nitrogens is 1. The molecule has 6 aromatic rings. The highest BCUT2D eigenvalue weighted by atomic mass is 32.1. The highest BCUT2D eigenvalue weighted by Crippen LogP contribution is 2.35. The fraction of sp³-hybridized carbons (Fsp3) is 0.219. The maximum Gasteiger partial charge on any atom is 0.271 e. The molecule has 9 heteroatoms. The molecule has 1 fully saturated rings. The Morgan fingerprint density at radius 2 is 1.78 bits per heavy atom. The Morgan fingerprint density at radius 1 is 1.00 bits per heavy atom. The van der Waals surface area contributed by atoms with Gasteiger partial charge in [0.25, 0.3) is 5.56 Å². The first-order valence-corrected chi connectivity index (χ1v) is 14.5. The number of hydrogen-bond donors (Lipinski definition) is 2. The van der Waals surface area contributed by atoms with Crippen LogP contribution in [0, 0.1) is 5.82 Å². The lowest BCUT2D eigenvalue weighted by atomic mass is 9.89. The number of imidazole rings is 1. The van der Waals surface area contributed by atoms with Crippen molar-refractivity contribution in [3.8, 4) is 16.3 Å². The third-order valence-electron chi connectivity index (χ3n) is 8.05. The van der Waals surface area contributed by atoms with E-state index >= 15 is 0 Å². The molecular formula is C32H28FN5O2S. The van der Waals surface area contributed by atoms with Crippen molar-refractivity contribution in [3.05, 3.63) is 112 Å². The first-order chi connectivity index (χ1) is 19.9. The predicted molar refractivity (Wildman–Crippen MR) is 160 cm³/mol. The first-order valence-electron chi connectivity index (χ1n) is 13.7. The number of piperidine rings is 1. The third kappa shape index (κ3) is 4.71. The summed E-state index contributed by atoms with van der Waals surface area (Å²) in [5.74, 6) is 0.343. The molecule has 1 aliphatic heterocycles. The molecule has 0 saturated carbocycles. The number of hydrogen-bond acceptors (Lipinski definition) is 6. The van der Waals surface area contributed by atoms with Gasteiger partial charge in [0.05, 0.1) is 16.6 Å². The summed E-state index contributed by atoms with van der Waals surface area (Å²) in [5, 5.41) is 11.5. The second-order valence-electron chi connectivity index (χ2n) is 10.7. The van der Waals surface area contributed by atoms with Crippen LogP contribution in [0.1, 0.15) is 41.8 Å². The van der Waals surface area contributed by atoms with Gasteiger partial charge < -0.3 is 15.0 Å². The normalized spacial score (nSPS) is 15.6. The number of para-hydroxylation sites is 2. The van der Waals surface area contributed by atoms with Crippen molar-refractivity contribution >= 4 is 32.6 Å². The van der Waals surface area contributed by atoms with Gasteiger partial charge >= 0.3 is 0 Å². The van der Waals surface area contributed by atoms with Gasteiger partial charge in [-0.25, -0.2) is 14.4 Å². The zero-order valence-corrected chi connectivity index (χ0v) is 23.2. The summed E-state index contributed by atoms with van der Waals surface area (Å²) in [6, 6.07) is 20.7. The molecule has 3 aromatic heterocycles. The maximum atomic E-state index is 14.4. The SMILES string of the molecule is CN1CCC(c2ccc(-c3nc4ccn(C(c5nc6ccccc6[nH]5)c5cc(F)ccc5O)c(=O)c4s3)cc2)CC1. The minimum absolute atomic E-state index is 0.126. The van der Waals surface area contributed by atoms with E-state index in [4.69, 9.17) is 9.97 Å². The Hall–Kier alpha value is -4.34. The number of thiazole rings is 1. The minimum Gasteiger partial charge on any atom is -0.508 e.